The van der Waals surface area contributed by atoms with E-state index in [1.54, 1.807) is 36.7 Å². The van der Waals surface area contributed by atoms with Gasteiger partial charge in [0.15, 0.2) is 11.5 Å². The van der Waals surface area contributed by atoms with Gasteiger partial charge in [-0.1, -0.05) is 24.3 Å². The number of carbonyl (C=O) groups excluding carboxylic acids is 1. The highest BCUT2D eigenvalue weighted by Gasteiger charge is 2.11. The van der Waals surface area contributed by atoms with Gasteiger partial charge in [0.25, 0.3) is 0 Å². The van der Waals surface area contributed by atoms with Crippen molar-refractivity contribution in [3.63, 3.8) is 0 Å². The van der Waals surface area contributed by atoms with Gasteiger partial charge in [0.05, 0.1) is 13.3 Å². The number of hydrogen-bond donors (Lipinski definition) is 0. The Hall–Kier alpha value is -3.94. The lowest BCUT2D eigenvalue weighted by Crippen LogP contribution is -2.03. The van der Waals surface area contributed by atoms with Gasteiger partial charge in [0.2, 0.25) is 0 Å². The average molecular weight is 427 g/mol. The molecule has 0 saturated heterocycles. The third-order valence-electron chi connectivity index (χ3n) is 4.02. The van der Waals surface area contributed by atoms with Gasteiger partial charge in [-0.25, -0.2) is 4.79 Å². The van der Waals surface area contributed by atoms with Crippen LogP contribution in [0.25, 0.3) is 6.08 Å². The summed E-state index contributed by atoms with van der Waals surface area (Å²) >= 11 is 0. The number of halogens is 2. The van der Waals surface area contributed by atoms with E-state index in [-0.39, 0.29) is 18.1 Å². The Balaban J connectivity index is 1.61. The summed E-state index contributed by atoms with van der Waals surface area (Å²) in [6, 6.07) is 15.0. The Morgan fingerprint density at radius 2 is 1.90 bits per heavy atom. The molecular formula is C23H19F2NO5. The number of ether oxygens (including phenoxy) is 4. The summed E-state index contributed by atoms with van der Waals surface area (Å²) in [5.41, 5.74) is 1.24. The van der Waals surface area contributed by atoms with Crippen LogP contribution in [0.3, 0.4) is 0 Å². The van der Waals surface area contributed by atoms with E-state index < -0.39 is 12.6 Å². The van der Waals surface area contributed by atoms with Crippen LogP contribution >= 0.6 is 0 Å². The Kier molecular flexibility index (Phi) is 7.53. The summed E-state index contributed by atoms with van der Waals surface area (Å²) in [5, 5.41) is 0. The Morgan fingerprint density at radius 1 is 1.06 bits per heavy atom. The number of aromatic nitrogens is 1. The quantitative estimate of drug-likeness (QED) is 0.344. The van der Waals surface area contributed by atoms with Crippen molar-refractivity contribution in [2.45, 2.75) is 13.2 Å². The molecule has 0 atom stereocenters. The second-order valence-electron chi connectivity index (χ2n) is 6.13. The van der Waals surface area contributed by atoms with Crippen LogP contribution in [-0.2, 0) is 16.1 Å². The number of carbonyl (C=O) groups is 1. The van der Waals surface area contributed by atoms with E-state index >= 15 is 0 Å². The zero-order valence-corrected chi connectivity index (χ0v) is 16.5. The van der Waals surface area contributed by atoms with Crippen molar-refractivity contribution in [1.29, 1.82) is 0 Å². The first-order valence-electron chi connectivity index (χ1n) is 9.18. The zero-order valence-electron chi connectivity index (χ0n) is 16.5. The standard InChI is InChI=1S/C23H19F2NO5/c1-28-21-13-16(8-10-20(21)31-23(24)25)9-11-22(27)29-15-17-5-2-3-7-19(17)30-18-6-4-12-26-14-18/h2-14,23H,15H2,1H3/b11-9+. The normalized spacial score (nSPS) is 10.8. The van der Waals surface area contributed by atoms with E-state index in [1.165, 1.54) is 37.5 Å². The molecule has 0 aliphatic carbocycles. The van der Waals surface area contributed by atoms with Crippen LogP contribution in [0.5, 0.6) is 23.0 Å². The minimum absolute atomic E-state index is 0.00406. The van der Waals surface area contributed by atoms with Crippen LogP contribution < -0.4 is 14.2 Å². The van der Waals surface area contributed by atoms with Gasteiger partial charge >= 0.3 is 12.6 Å². The minimum Gasteiger partial charge on any atom is -0.493 e. The maximum atomic E-state index is 12.4. The van der Waals surface area contributed by atoms with Crippen LogP contribution in [-0.4, -0.2) is 24.7 Å². The predicted molar refractivity (Wildman–Crippen MR) is 109 cm³/mol. The first kappa shape index (κ1) is 21.8. The van der Waals surface area contributed by atoms with Gasteiger partial charge in [-0.3, -0.25) is 4.98 Å². The molecule has 31 heavy (non-hydrogen) atoms. The number of alkyl halides is 2. The predicted octanol–water partition coefficient (Wildman–Crippen LogP) is 5.24. The van der Waals surface area contributed by atoms with Gasteiger partial charge in [-0.2, -0.15) is 8.78 Å². The second-order valence-corrected chi connectivity index (χ2v) is 6.13. The molecule has 0 aliphatic heterocycles. The van der Waals surface area contributed by atoms with Crippen LogP contribution in [0.4, 0.5) is 8.78 Å². The van der Waals surface area contributed by atoms with E-state index in [1.807, 2.05) is 12.1 Å². The molecule has 3 aromatic rings. The molecule has 0 N–H and O–H groups in total. The third-order valence-corrected chi connectivity index (χ3v) is 4.02. The van der Waals surface area contributed by atoms with E-state index in [9.17, 15) is 13.6 Å². The van der Waals surface area contributed by atoms with Crippen molar-refractivity contribution < 1.29 is 32.5 Å². The molecule has 0 bridgehead atoms. The second kappa shape index (κ2) is 10.7. The maximum Gasteiger partial charge on any atom is 0.387 e. The smallest absolute Gasteiger partial charge is 0.387 e. The van der Waals surface area contributed by atoms with Crippen molar-refractivity contribution >= 4 is 12.0 Å². The average Bonchev–Trinajstić information content (AvgIpc) is 2.78. The monoisotopic (exact) mass is 427 g/mol. The first-order chi connectivity index (χ1) is 15.0. The molecule has 8 heteroatoms. The molecule has 0 amide bonds. The van der Waals surface area contributed by atoms with Crippen LogP contribution in [0.2, 0.25) is 0 Å². The molecule has 1 heterocycles. The molecule has 1 aromatic heterocycles. The van der Waals surface area contributed by atoms with Crippen molar-refractivity contribution in [1.82, 2.24) is 4.98 Å². The highest BCUT2D eigenvalue weighted by atomic mass is 19.3. The summed E-state index contributed by atoms with van der Waals surface area (Å²) in [6.45, 7) is -2.96. The van der Waals surface area contributed by atoms with Crippen LogP contribution in [0.15, 0.2) is 73.1 Å². The largest absolute Gasteiger partial charge is 0.493 e. The number of methoxy groups -OCH3 is 1. The molecule has 0 saturated carbocycles. The summed E-state index contributed by atoms with van der Waals surface area (Å²) in [6.07, 6.45) is 5.93. The molecule has 2 aromatic carbocycles. The van der Waals surface area contributed by atoms with E-state index in [2.05, 4.69) is 9.72 Å². The Bertz CT molecular complexity index is 1040. The molecule has 6 nitrogen and oxygen atoms in total. The number of para-hydroxylation sites is 1. The van der Waals surface area contributed by atoms with Crippen LogP contribution in [0.1, 0.15) is 11.1 Å². The SMILES string of the molecule is COc1cc(/C=C/C(=O)OCc2ccccc2Oc2cccnc2)ccc1OC(F)F. The summed E-state index contributed by atoms with van der Waals surface area (Å²) in [5.74, 6) is 0.559. The van der Waals surface area contributed by atoms with Gasteiger partial charge in [0, 0.05) is 17.8 Å². The molecule has 0 unspecified atom stereocenters. The van der Waals surface area contributed by atoms with Crippen molar-refractivity contribution in [2.24, 2.45) is 0 Å². The van der Waals surface area contributed by atoms with Gasteiger partial charge in [-0.15, -0.1) is 0 Å². The van der Waals surface area contributed by atoms with Gasteiger partial charge in [-0.05, 0) is 42.0 Å². The number of esters is 1. The fraction of sp³-hybridized carbons (Fsp3) is 0.130. The molecule has 0 spiro atoms. The summed E-state index contributed by atoms with van der Waals surface area (Å²) in [7, 11) is 1.33. The Labute approximate surface area is 177 Å². The van der Waals surface area contributed by atoms with E-state index in [0.29, 0.717) is 22.6 Å². The van der Waals surface area contributed by atoms with E-state index in [0.717, 1.165) is 0 Å². The number of benzene rings is 2. The molecule has 160 valence electrons. The van der Waals surface area contributed by atoms with Crippen molar-refractivity contribution in [2.75, 3.05) is 7.11 Å². The number of hydrogen-bond acceptors (Lipinski definition) is 6. The third kappa shape index (κ3) is 6.53. The van der Waals surface area contributed by atoms with Gasteiger partial charge < -0.3 is 18.9 Å². The molecular weight excluding hydrogens is 408 g/mol. The lowest BCUT2D eigenvalue weighted by atomic mass is 10.2. The summed E-state index contributed by atoms with van der Waals surface area (Å²) in [4.78, 5) is 16.1. The van der Waals surface area contributed by atoms with Gasteiger partial charge in [0.1, 0.15) is 18.1 Å². The van der Waals surface area contributed by atoms with Crippen molar-refractivity contribution in [3.05, 3.63) is 84.2 Å². The van der Waals surface area contributed by atoms with Crippen LogP contribution in [0, 0.1) is 0 Å². The fourth-order valence-corrected chi connectivity index (χ4v) is 2.60. The summed E-state index contributed by atoms with van der Waals surface area (Å²) < 4.78 is 45.3. The fourth-order valence-electron chi connectivity index (χ4n) is 2.60. The molecule has 0 radical (unpaired) electrons. The highest BCUT2D eigenvalue weighted by Crippen LogP contribution is 2.30. The van der Waals surface area contributed by atoms with Crippen molar-refractivity contribution in [3.8, 4) is 23.0 Å². The van der Waals surface area contributed by atoms with E-state index in [4.69, 9.17) is 14.2 Å². The minimum atomic E-state index is -2.96. The lowest BCUT2D eigenvalue weighted by molar-refractivity contribution is -0.138. The molecule has 3 rings (SSSR count). The zero-order chi connectivity index (χ0) is 22.1. The number of nitrogens with zero attached hydrogens (tertiary/aromatic N) is 1. The lowest BCUT2D eigenvalue weighted by Gasteiger charge is -2.11. The highest BCUT2D eigenvalue weighted by molar-refractivity contribution is 5.87. The maximum absolute atomic E-state index is 12.4. The molecule has 0 aliphatic rings. The molecule has 0 fully saturated rings. The topological polar surface area (TPSA) is 66.9 Å². The number of rotatable bonds is 9. The first-order valence-corrected chi connectivity index (χ1v) is 9.18. The Morgan fingerprint density at radius 3 is 2.65 bits per heavy atom. The number of pyridine rings is 1.